The summed E-state index contributed by atoms with van der Waals surface area (Å²) in [6.07, 6.45) is 4.31. The molecular formula is C16H22N2OS. The minimum absolute atomic E-state index is 0.431. The van der Waals surface area contributed by atoms with Crippen LogP contribution < -0.4 is 10.5 Å². The summed E-state index contributed by atoms with van der Waals surface area (Å²) < 4.78 is 5.80. The van der Waals surface area contributed by atoms with Gasteiger partial charge in [0, 0.05) is 25.2 Å². The van der Waals surface area contributed by atoms with Gasteiger partial charge in [-0.2, -0.15) is 0 Å². The number of likely N-dealkylation sites (tertiary alicyclic amines) is 1. The van der Waals surface area contributed by atoms with Gasteiger partial charge < -0.3 is 10.5 Å². The third-order valence-electron chi connectivity index (χ3n) is 4.62. The second-order valence-electron chi connectivity index (χ2n) is 5.95. The molecule has 0 amide bonds. The molecule has 1 saturated carbocycles. The molecule has 2 atom stereocenters. The average molecular weight is 290 g/mol. The Hall–Kier alpha value is -1.13. The molecule has 1 aliphatic heterocycles. The molecule has 1 aliphatic carbocycles. The lowest BCUT2D eigenvalue weighted by Gasteiger charge is -2.17. The molecule has 108 valence electrons. The highest BCUT2D eigenvalue weighted by atomic mass is 32.1. The van der Waals surface area contributed by atoms with Crippen LogP contribution >= 0.6 is 12.2 Å². The summed E-state index contributed by atoms with van der Waals surface area (Å²) in [5.74, 6) is 2.81. The predicted octanol–water partition coefficient (Wildman–Crippen LogP) is 2.43. The molecule has 2 aliphatic rings. The molecule has 0 radical (unpaired) electrons. The maximum atomic E-state index is 5.80. The number of rotatable bonds is 5. The van der Waals surface area contributed by atoms with Gasteiger partial charge in [-0.1, -0.05) is 18.6 Å². The third-order valence-corrected chi connectivity index (χ3v) is 4.85. The molecule has 1 heterocycles. The van der Waals surface area contributed by atoms with Gasteiger partial charge in [-0.15, -0.1) is 0 Å². The molecule has 1 aromatic carbocycles. The van der Waals surface area contributed by atoms with Crippen LogP contribution in [0.2, 0.25) is 0 Å². The van der Waals surface area contributed by atoms with Crippen molar-refractivity contribution in [1.29, 1.82) is 0 Å². The molecule has 2 fully saturated rings. The van der Waals surface area contributed by atoms with E-state index in [1.165, 1.54) is 32.4 Å². The second kappa shape index (κ2) is 6.10. The van der Waals surface area contributed by atoms with Gasteiger partial charge in [-0.05, 0) is 48.9 Å². The Labute approximate surface area is 126 Å². The van der Waals surface area contributed by atoms with E-state index in [1.54, 1.807) is 0 Å². The molecule has 0 bridgehead atoms. The fourth-order valence-corrected chi connectivity index (χ4v) is 3.66. The van der Waals surface area contributed by atoms with Gasteiger partial charge in [-0.3, -0.25) is 4.90 Å². The Morgan fingerprint density at radius 2 is 1.85 bits per heavy atom. The van der Waals surface area contributed by atoms with E-state index >= 15 is 0 Å². The van der Waals surface area contributed by atoms with Crippen molar-refractivity contribution >= 4 is 17.2 Å². The number of thiocarbonyl (C=S) groups is 1. The number of hydrogen-bond acceptors (Lipinski definition) is 3. The van der Waals surface area contributed by atoms with Crippen LogP contribution in [0.15, 0.2) is 24.3 Å². The summed E-state index contributed by atoms with van der Waals surface area (Å²) in [7, 11) is 0. The Kier molecular flexibility index (Phi) is 4.22. The van der Waals surface area contributed by atoms with Gasteiger partial charge >= 0.3 is 0 Å². The first-order valence-electron chi connectivity index (χ1n) is 7.47. The lowest BCUT2D eigenvalue weighted by atomic mass is 10.0. The molecule has 4 heteroatoms. The maximum Gasteiger partial charge on any atom is 0.119 e. The van der Waals surface area contributed by atoms with Crippen molar-refractivity contribution in [2.45, 2.75) is 19.3 Å². The molecule has 2 N–H and O–H groups in total. The van der Waals surface area contributed by atoms with Gasteiger partial charge in [0.1, 0.15) is 17.3 Å². The minimum atomic E-state index is 0.431. The Balaban J connectivity index is 1.42. The lowest BCUT2D eigenvalue weighted by Crippen LogP contribution is -2.27. The summed E-state index contributed by atoms with van der Waals surface area (Å²) >= 11 is 4.93. The summed E-state index contributed by atoms with van der Waals surface area (Å²) in [5, 5.41) is 0. The summed E-state index contributed by atoms with van der Waals surface area (Å²) in [6.45, 7) is 4.33. The van der Waals surface area contributed by atoms with E-state index in [9.17, 15) is 0 Å². The third kappa shape index (κ3) is 3.13. The Bertz CT molecular complexity index is 462. The fourth-order valence-electron chi connectivity index (χ4n) is 3.52. The zero-order chi connectivity index (χ0) is 13.9. The standard InChI is InChI=1S/C16H22N2OS/c17-16(20)12-4-6-15(7-5-12)19-9-8-18-10-13-2-1-3-14(13)11-18/h4-7,13-14H,1-3,8-11H2,(H2,17,20). The first-order valence-corrected chi connectivity index (χ1v) is 7.88. The molecule has 0 aromatic heterocycles. The van der Waals surface area contributed by atoms with E-state index in [-0.39, 0.29) is 0 Å². The van der Waals surface area contributed by atoms with Crippen molar-refractivity contribution in [2.24, 2.45) is 17.6 Å². The molecular weight excluding hydrogens is 268 g/mol. The van der Waals surface area contributed by atoms with Crippen LogP contribution in [0.4, 0.5) is 0 Å². The topological polar surface area (TPSA) is 38.5 Å². The van der Waals surface area contributed by atoms with Crippen molar-refractivity contribution in [2.75, 3.05) is 26.2 Å². The van der Waals surface area contributed by atoms with E-state index in [1.807, 2.05) is 24.3 Å². The summed E-state index contributed by atoms with van der Waals surface area (Å²) in [4.78, 5) is 2.98. The SMILES string of the molecule is NC(=S)c1ccc(OCCN2CC3CCCC3C2)cc1. The lowest BCUT2D eigenvalue weighted by molar-refractivity contribution is 0.227. The van der Waals surface area contributed by atoms with Gasteiger partial charge in [-0.25, -0.2) is 0 Å². The Morgan fingerprint density at radius 3 is 2.45 bits per heavy atom. The highest BCUT2D eigenvalue weighted by Gasteiger charge is 2.35. The van der Waals surface area contributed by atoms with Gasteiger partial charge in [0.05, 0.1) is 0 Å². The summed E-state index contributed by atoms with van der Waals surface area (Å²) in [6, 6.07) is 7.70. The van der Waals surface area contributed by atoms with Crippen molar-refractivity contribution in [3.8, 4) is 5.75 Å². The maximum absolute atomic E-state index is 5.80. The molecule has 1 aromatic rings. The van der Waals surface area contributed by atoms with E-state index in [4.69, 9.17) is 22.7 Å². The van der Waals surface area contributed by atoms with Crippen LogP contribution in [-0.4, -0.2) is 36.1 Å². The number of ether oxygens (including phenoxy) is 1. The second-order valence-corrected chi connectivity index (χ2v) is 6.39. The van der Waals surface area contributed by atoms with E-state index in [0.29, 0.717) is 4.99 Å². The zero-order valence-corrected chi connectivity index (χ0v) is 12.6. The number of fused-ring (bicyclic) bond motifs is 1. The van der Waals surface area contributed by atoms with Crippen LogP contribution in [0, 0.1) is 11.8 Å². The molecule has 3 rings (SSSR count). The number of hydrogen-bond donors (Lipinski definition) is 1. The zero-order valence-electron chi connectivity index (χ0n) is 11.8. The van der Waals surface area contributed by atoms with Gasteiger partial charge in [0.15, 0.2) is 0 Å². The number of nitrogens with two attached hydrogens (primary N) is 1. The van der Waals surface area contributed by atoms with Crippen molar-refractivity contribution in [1.82, 2.24) is 4.90 Å². The normalized spacial score (nSPS) is 25.6. The predicted molar refractivity (Wildman–Crippen MR) is 85.1 cm³/mol. The largest absolute Gasteiger partial charge is 0.492 e. The fraction of sp³-hybridized carbons (Fsp3) is 0.562. The molecule has 0 spiro atoms. The molecule has 20 heavy (non-hydrogen) atoms. The summed E-state index contributed by atoms with van der Waals surface area (Å²) in [5.41, 5.74) is 6.46. The number of nitrogens with zero attached hydrogens (tertiary/aromatic N) is 1. The smallest absolute Gasteiger partial charge is 0.119 e. The first kappa shape index (κ1) is 13.8. The molecule has 1 saturated heterocycles. The van der Waals surface area contributed by atoms with Crippen molar-refractivity contribution in [3.63, 3.8) is 0 Å². The Morgan fingerprint density at radius 1 is 1.20 bits per heavy atom. The number of benzene rings is 1. The van der Waals surface area contributed by atoms with Crippen LogP contribution in [0.1, 0.15) is 24.8 Å². The van der Waals surface area contributed by atoms with Gasteiger partial charge in [0.25, 0.3) is 0 Å². The van der Waals surface area contributed by atoms with Crippen molar-refractivity contribution < 1.29 is 4.74 Å². The van der Waals surface area contributed by atoms with Crippen LogP contribution in [0.3, 0.4) is 0 Å². The van der Waals surface area contributed by atoms with Crippen LogP contribution in [0.25, 0.3) is 0 Å². The molecule has 2 unspecified atom stereocenters. The van der Waals surface area contributed by atoms with E-state index in [2.05, 4.69) is 4.90 Å². The monoisotopic (exact) mass is 290 g/mol. The average Bonchev–Trinajstić information content (AvgIpc) is 3.00. The first-order chi connectivity index (χ1) is 9.72. The quantitative estimate of drug-likeness (QED) is 0.845. The van der Waals surface area contributed by atoms with Gasteiger partial charge in [0.2, 0.25) is 0 Å². The van der Waals surface area contributed by atoms with E-state index in [0.717, 1.165) is 36.3 Å². The van der Waals surface area contributed by atoms with Crippen LogP contribution in [-0.2, 0) is 0 Å². The highest BCUT2D eigenvalue weighted by Crippen LogP contribution is 2.37. The highest BCUT2D eigenvalue weighted by molar-refractivity contribution is 7.80. The van der Waals surface area contributed by atoms with Crippen molar-refractivity contribution in [3.05, 3.63) is 29.8 Å². The minimum Gasteiger partial charge on any atom is -0.492 e. The molecule has 3 nitrogen and oxygen atoms in total. The van der Waals surface area contributed by atoms with E-state index < -0.39 is 0 Å². The van der Waals surface area contributed by atoms with Crippen LogP contribution in [0.5, 0.6) is 5.75 Å².